The number of nitrogens with one attached hydrogen (secondary N) is 4. The van der Waals surface area contributed by atoms with E-state index in [1.54, 1.807) is 20.8 Å². The summed E-state index contributed by atoms with van der Waals surface area (Å²) in [6.45, 7) is 10.8. The molecule has 0 rings (SSSR count). The van der Waals surface area contributed by atoms with Gasteiger partial charge in [0.2, 0.25) is 23.6 Å². The fourth-order valence-corrected chi connectivity index (χ4v) is 3.79. The first-order valence-corrected chi connectivity index (χ1v) is 13.7. The molecule has 0 aliphatic heterocycles. The van der Waals surface area contributed by atoms with Crippen LogP contribution in [0.3, 0.4) is 0 Å². The Kier molecular flexibility index (Phi) is 18.1. The summed E-state index contributed by atoms with van der Waals surface area (Å²) in [5.41, 5.74) is 0. The van der Waals surface area contributed by atoms with E-state index in [0.717, 1.165) is 19.3 Å². The largest absolute Gasteiger partial charge is 0.467 e. The van der Waals surface area contributed by atoms with Crippen LogP contribution < -0.4 is 21.3 Å². The van der Waals surface area contributed by atoms with E-state index < -0.39 is 41.8 Å². The van der Waals surface area contributed by atoms with Crippen LogP contribution in [0.5, 0.6) is 0 Å². The third-order valence-corrected chi connectivity index (χ3v) is 5.98. The molecule has 10 nitrogen and oxygen atoms in total. The van der Waals surface area contributed by atoms with Gasteiger partial charge >= 0.3 is 5.97 Å². The minimum absolute atomic E-state index is 0.151. The minimum atomic E-state index is -0.894. The lowest BCUT2D eigenvalue weighted by Crippen LogP contribution is -2.56. The van der Waals surface area contributed by atoms with E-state index in [-0.39, 0.29) is 24.3 Å². The van der Waals surface area contributed by atoms with Crippen LogP contribution in [-0.4, -0.2) is 61.4 Å². The van der Waals surface area contributed by atoms with Gasteiger partial charge in [0, 0.05) is 6.42 Å². The van der Waals surface area contributed by atoms with E-state index in [1.807, 2.05) is 13.8 Å². The third-order valence-electron chi connectivity index (χ3n) is 5.98. The number of ether oxygens (including phenoxy) is 1. The highest BCUT2D eigenvalue weighted by atomic mass is 16.5. The predicted molar refractivity (Wildman–Crippen MR) is 143 cm³/mol. The van der Waals surface area contributed by atoms with Crippen molar-refractivity contribution >= 4 is 29.6 Å². The fourth-order valence-electron chi connectivity index (χ4n) is 3.79. The van der Waals surface area contributed by atoms with E-state index in [1.165, 1.54) is 32.8 Å². The predicted octanol–water partition coefficient (Wildman–Crippen LogP) is 2.59. The fraction of sp³-hybridized carbons (Fsp3) is 0.815. The Labute approximate surface area is 222 Å². The zero-order valence-electron chi connectivity index (χ0n) is 23.9. The maximum atomic E-state index is 12.7. The SMILES string of the molecule is CCCCCCCCCC(=O)NC(C)C(=O)NC(C(=O)NCC(=O)NC(CC(C)C)C(=O)OC)C(C)C. The van der Waals surface area contributed by atoms with Crippen molar-refractivity contribution in [3.05, 3.63) is 0 Å². The van der Waals surface area contributed by atoms with Crippen LogP contribution in [-0.2, 0) is 28.7 Å². The Hall–Kier alpha value is -2.65. The van der Waals surface area contributed by atoms with Gasteiger partial charge in [-0.2, -0.15) is 0 Å². The summed E-state index contributed by atoms with van der Waals surface area (Å²) in [5.74, 6) is -2.40. The first-order valence-electron chi connectivity index (χ1n) is 13.7. The van der Waals surface area contributed by atoms with Crippen LogP contribution in [0.2, 0.25) is 0 Å². The second-order valence-electron chi connectivity index (χ2n) is 10.4. The van der Waals surface area contributed by atoms with Crippen LogP contribution in [0.1, 0.15) is 99.3 Å². The molecule has 0 aliphatic carbocycles. The second kappa shape index (κ2) is 19.5. The van der Waals surface area contributed by atoms with Crippen LogP contribution in [0, 0.1) is 11.8 Å². The normalized spacial score (nSPS) is 13.4. The molecule has 0 heterocycles. The van der Waals surface area contributed by atoms with Crippen molar-refractivity contribution in [3.63, 3.8) is 0 Å². The highest BCUT2D eigenvalue weighted by molar-refractivity contribution is 5.93. The van der Waals surface area contributed by atoms with Crippen molar-refractivity contribution in [1.82, 2.24) is 21.3 Å². The molecule has 4 amide bonds. The van der Waals surface area contributed by atoms with Crippen LogP contribution in [0.25, 0.3) is 0 Å². The number of unbranched alkanes of at least 4 members (excludes halogenated alkanes) is 6. The van der Waals surface area contributed by atoms with Crippen LogP contribution >= 0.6 is 0 Å². The van der Waals surface area contributed by atoms with Crippen molar-refractivity contribution in [2.75, 3.05) is 13.7 Å². The van der Waals surface area contributed by atoms with Gasteiger partial charge in [-0.25, -0.2) is 4.79 Å². The average Bonchev–Trinajstić information content (AvgIpc) is 2.83. The summed E-state index contributed by atoms with van der Waals surface area (Å²) >= 11 is 0. The molecule has 0 bridgehead atoms. The Morgan fingerprint density at radius 2 is 1.32 bits per heavy atom. The molecule has 0 fully saturated rings. The van der Waals surface area contributed by atoms with Crippen molar-refractivity contribution in [2.24, 2.45) is 11.8 Å². The van der Waals surface area contributed by atoms with Gasteiger partial charge < -0.3 is 26.0 Å². The monoisotopic (exact) mass is 526 g/mol. The molecule has 0 spiro atoms. The lowest BCUT2D eigenvalue weighted by Gasteiger charge is -2.24. The van der Waals surface area contributed by atoms with Gasteiger partial charge in [0.1, 0.15) is 18.1 Å². The van der Waals surface area contributed by atoms with E-state index >= 15 is 0 Å². The topological polar surface area (TPSA) is 143 Å². The van der Waals surface area contributed by atoms with E-state index in [9.17, 15) is 24.0 Å². The summed E-state index contributed by atoms with van der Waals surface area (Å²) in [6.07, 6.45) is 8.47. The highest BCUT2D eigenvalue weighted by Crippen LogP contribution is 2.09. The number of esters is 1. The summed E-state index contributed by atoms with van der Waals surface area (Å²) in [5, 5.41) is 10.4. The molecular weight excluding hydrogens is 476 g/mol. The van der Waals surface area contributed by atoms with E-state index in [0.29, 0.717) is 12.8 Å². The van der Waals surface area contributed by atoms with Crippen LogP contribution in [0.15, 0.2) is 0 Å². The maximum Gasteiger partial charge on any atom is 0.328 e. The molecule has 0 saturated carbocycles. The molecule has 3 atom stereocenters. The first kappa shape index (κ1) is 34.4. The molecule has 0 aromatic carbocycles. The number of hydrogen-bond acceptors (Lipinski definition) is 6. The summed E-state index contributed by atoms with van der Waals surface area (Å²) in [7, 11) is 1.25. The molecule has 0 radical (unpaired) electrons. The molecule has 214 valence electrons. The lowest BCUT2D eigenvalue weighted by atomic mass is 10.0. The average molecular weight is 527 g/mol. The molecule has 0 aromatic rings. The van der Waals surface area contributed by atoms with Gasteiger partial charge in [0.15, 0.2) is 0 Å². The van der Waals surface area contributed by atoms with E-state index in [4.69, 9.17) is 4.74 Å². The number of methoxy groups -OCH3 is 1. The maximum absolute atomic E-state index is 12.7. The Morgan fingerprint density at radius 3 is 1.86 bits per heavy atom. The Balaban J connectivity index is 4.63. The molecule has 37 heavy (non-hydrogen) atoms. The second-order valence-corrected chi connectivity index (χ2v) is 10.4. The van der Waals surface area contributed by atoms with Crippen molar-refractivity contribution in [3.8, 4) is 0 Å². The van der Waals surface area contributed by atoms with Gasteiger partial charge in [-0.05, 0) is 31.6 Å². The van der Waals surface area contributed by atoms with E-state index in [2.05, 4.69) is 28.2 Å². The lowest BCUT2D eigenvalue weighted by molar-refractivity contribution is -0.145. The molecule has 4 N–H and O–H groups in total. The number of rotatable bonds is 19. The quantitative estimate of drug-likeness (QED) is 0.151. The molecular formula is C27H50N4O6. The molecule has 10 heteroatoms. The van der Waals surface area contributed by atoms with Gasteiger partial charge in [0.05, 0.1) is 13.7 Å². The molecule has 0 aromatic heterocycles. The Bertz CT molecular complexity index is 726. The summed E-state index contributed by atoms with van der Waals surface area (Å²) in [4.78, 5) is 61.7. The molecule has 3 unspecified atom stereocenters. The van der Waals surface area contributed by atoms with Gasteiger partial charge in [0.25, 0.3) is 0 Å². The Morgan fingerprint density at radius 1 is 0.730 bits per heavy atom. The summed E-state index contributed by atoms with van der Waals surface area (Å²) < 4.78 is 4.73. The zero-order chi connectivity index (χ0) is 28.4. The number of carbonyl (C=O) groups excluding carboxylic acids is 5. The first-order chi connectivity index (χ1) is 17.4. The standard InChI is InChI=1S/C27H50N4O6/c1-8-9-10-11-12-13-14-15-22(32)29-20(6)25(34)31-24(19(4)5)26(35)28-17-23(33)30-21(16-18(2)3)27(36)37-7/h18-21,24H,8-17H2,1-7H3,(H,28,35)(H,29,32)(H,30,33)(H,31,34). The van der Waals surface area contributed by atoms with Crippen molar-refractivity contribution in [2.45, 2.75) is 117 Å². The highest BCUT2D eigenvalue weighted by Gasteiger charge is 2.28. The molecule has 0 aliphatic rings. The third kappa shape index (κ3) is 15.9. The van der Waals surface area contributed by atoms with Gasteiger partial charge in [-0.15, -0.1) is 0 Å². The number of amides is 4. The van der Waals surface area contributed by atoms with Crippen molar-refractivity contribution < 1.29 is 28.7 Å². The summed E-state index contributed by atoms with van der Waals surface area (Å²) in [6, 6.07) is -2.50. The smallest absolute Gasteiger partial charge is 0.328 e. The van der Waals surface area contributed by atoms with Gasteiger partial charge in [-0.3, -0.25) is 19.2 Å². The zero-order valence-corrected chi connectivity index (χ0v) is 23.9. The van der Waals surface area contributed by atoms with Crippen molar-refractivity contribution in [1.29, 1.82) is 0 Å². The molecule has 0 saturated heterocycles. The van der Waals surface area contributed by atoms with Gasteiger partial charge in [-0.1, -0.05) is 73.1 Å². The minimum Gasteiger partial charge on any atom is -0.467 e. The number of carbonyl (C=O) groups is 5. The number of hydrogen-bond donors (Lipinski definition) is 4. The van der Waals surface area contributed by atoms with Crippen LogP contribution in [0.4, 0.5) is 0 Å².